The molecule has 0 fully saturated rings. The highest BCUT2D eigenvalue weighted by atomic mass is 16.5. The van der Waals surface area contributed by atoms with E-state index in [4.69, 9.17) is 10.5 Å². The Morgan fingerprint density at radius 2 is 2.39 bits per heavy atom. The third-order valence-corrected chi connectivity index (χ3v) is 2.61. The van der Waals surface area contributed by atoms with Crippen LogP contribution < -0.4 is 11.1 Å². The number of aryl methyl sites for hydroxylation is 1. The Bertz CT molecular complexity index is 390. The van der Waals surface area contributed by atoms with Crippen LogP contribution in [0.1, 0.15) is 23.8 Å². The molecule has 0 saturated carbocycles. The minimum Gasteiger partial charge on any atom is -0.397 e. The van der Waals surface area contributed by atoms with Gasteiger partial charge in [0, 0.05) is 26.4 Å². The predicted molar refractivity (Wildman–Crippen MR) is 69.4 cm³/mol. The van der Waals surface area contributed by atoms with E-state index in [2.05, 4.69) is 5.32 Å². The minimum absolute atomic E-state index is 0.182. The normalized spacial score (nSPS) is 12.4. The quantitative estimate of drug-likeness (QED) is 0.650. The summed E-state index contributed by atoms with van der Waals surface area (Å²) in [4.78, 5) is 11.9. The number of rotatable bonds is 7. The third-order valence-electron chi connectivity index (χ3n) is 2.61. The van der Waals surface area contributed by atoms with E-state index in [0.29, 0.717) is 30.9 Å². The molecule has 1 aromatic heterocycles. The lowest BCUT2D eigenvalue weighted by Crippen LogP contribution is -2.29. The Labute approximate surface area is 107 Å². The zero-order valence-corrected chi connectivity index (χ0v) is 10.8. The van der Waals surface area contributed by atoms with Crippen molar-refractivity contribution in [3.05, 3.63) is 18.0 Å². The molecule has 102 valence electrons. The topological polar surface area (TPSA) is 89.5 Å². The van der Waals surface area contributed by atoms with Crippen molar-refractivity contribution in [3.8, 4) is 0 Å². The summed E-state index contributed by atoms with van der Waals surface area (Å²) in [6.07, 6.45) is 1.63. The van der Waals surface area contributed by atoms with E-state index in [1.165, 1.54) is 7.11 Å². The number of nitrogens with one attached hydrogen (secondary N) is 1. The van der Waals surface area contributed by atoms with Crippen LogP contribution in [0.3, 0.4) is 0 Å². The molecule has 1 rings (SSSR count). The molecule has 6 nitrogen and oxygen atoms in total. The second kappa shape index (κ2) is 7.03. The van der Waals surface area contributed by atoms with Crippen molar-refractivity contribution in [1.82, 2.24) is 9.88 Å². The second-order valence-electron chi connectivity index (χ2n) is 4.10. The minimum atomic E-state index is -0.557. The number of hydrogen-bond acceptors (Lipinski definition) is 4. The van der Waals surface area contributed by atoms with Gasteiger partial charge in [0.15, 0.2) is 0 Å². The van der Waals surface area contributed by atoms with Gasteiger partial charge in [-0.3, -0.25) is 4.79 Å². The molecule has 0 radical (unpaired) electrons. The van der Waals surface area contributed by atoms with Crippen molar-refractivity contribution >= 4 is 11.6 Å². The van der Waals surface area contributed by atoms with Gasteiger partial charge in [-0.2, -0.15) is 0 Å². The summed E-state index contributed by atoms with van der Waals surface area (Å²) >= 11 is 0. The van der Waals surface area contributed by atoms with Crippen LogP contribution in [0.15, 0.2) is 12.3 Å². The zero-order valence-electron chi connectivity index (χ0n) is 10.8. The van der Waals surface area contributed by atoms with Crippen LogP contribution in [0.4, 0.5) is 5.69 Å². The molecule has 0 bridgehead atoms. The summed E-state index contributed by atoms with van der Waals surface area (Å²) in [5, 5.41) is 12.2. The Balaban J connectivity index is 2.45. The largest absolute Gasteiger partial charge is 0.397 e. The molecular formula is C12H21N3O3. The Morgan fingerprint density at radius 1 is 1.67 bits per heavy atom. The van der Waals surface area contributed by atoms with E-state index in [9.17, 15) is 9.90 Å². The molecule has 0 spiro atoms. The van der Waals surface area contributed by atoms with Crippen LogP contribution in [0.5, 0.6) is 0 Å². The van der Waals surface area contributed by atoms with Gasteiger partial charge < -0.3 is 25.5 Å². The lowest BCUT2D eigenvalue weighted by Gasteiger charge is -2.11. The van der Waals surface area contributed by atoms with Crippen molar-refractivity contribution in [1.29, 1.82) is 0 Å². The van der Waals surface area contributed by atoms with Gasteiger partial charge in [0.2, 0.25) is 0 Å². The number of hydrogen-bond donors (Lipinski definition) is 3. The Morgan fingerprint density at radius 3 is 3.00 bits per heavy atom. The second-order valence-corrected chi connectivity index (χ2v) is 4.10. The summed E-state index contributed by atoms with van der Waals surface area (Å²) in [5.74, 6) is -0.182. The molecule has 1 aromatic rings. The molecule has 6 heteroatoms. The molecule has 1 amide bonds. The van der Waals surface area contributed by atoms with Crippen LogP contribution >= 0.6 is 0 Å². The number of nitrogen functional groups attached to an aromatic ring is 1. The molecule has 0 aliphatic heterocycles. The first-order chi connectivity index (χ1) is 8.58. The van der Waals surface area contributed by atoms with Crippen LogP contribution in [0.2, 0.25) is 0 Å². The van der Waals surface area contributed by atoms with Gasteiger partial charge in [-0.25, -0.2) is 0 Å². The monoisotopic (exact) mass is 255 g/mol. The molecule has 1 unspecified atom stereocenters. The maximum atomic E-state index is 11.9. The maximum absolute atomic E-state index is 11.9. The van der Waals surface area contributed by atoms with Crippen LogP contribution in [-0.2, 0) is 11.3 Å². The first-order valence-corrected chi connectivity index (χ1v) is 5.99. The average Bonchev–Trinajstić information content (AvgIpc) is 2.70. The smallest absolute Gasteiger partial charge is 0.267 e. The first kappa shape index (κ1) is 14.5. The summed E-state index contributed by atoms with van der Waals surface area (Å²) in [6.45, 7) is 3.30. The van der Waals surface area contributed by atoms with Crippen molar-refractivity contribution in [2.45, 2.75) is 26.0 Å². The molecule has 4 N–H and O–H groups in total. The number of methoxy groups -OCH3 is 1. The number of ether oxygens (including phenoxy) is 1. The van der Waals surface area contributed by atoms with Crippen molar-refractivity contribution in [2.75, 3.05) is 26.0 Å². The van der Waals surface area contributed by atoms with Crippen molar-refractivity contribution < 1.29 is 14.6 Å². The summed E-state index contributed by atoms with van der Waals surface area (Å²) < 4.78 is 6.59. The molecule has 0 aliphatic carbocycles. The summed E-state index contributed by atoms with van der Waals surface area (Å²) in [6, 6.07) is 1.64. The number of anilines is 1. The standard InChI is InChI=1S/C12H21N3O3/c1-3-15-7-9(13)6-11(15)12(17)14-5-4-10(16)8-18-2/h6-7,10,16H,3-5,8,13H2,1-2H3,(H,14,17). The highest BCUT2D eigenvalue weighted by Crippen LogP contribution is 2.10. The number of nitrogens with two attached hydrogens (primary N) is 1. The van der Waals surface area contributed by atoms with E-state index in [0.717, 1.165) is 0 Å². The molecule has 18 heavy (non-hydrogen) atoms. The van der Waals surface area contributed by atoms with Crippen LogP contribution in [0, 0.1) is 0 Å². The highest BCUT2D eigenvalue weighted by Gasteiger charge is 2.12. The molecule has 1 atom stereocenters. The number of aromatic nitrogens is 1. The average molecular weight is 255 g/mol. The van der Waals surface area contributed by atoms with E-state index in [1.807, 2.05) is 6.92 Å². The van der Waals surface area contributed by atoms with Gasteiger partial charge in [0.25, 0.3) is 5.91 Å². The molecule has 0 aliphatic rings. The molecule has 1 heterocycles. The fraction of sp³-hybridized carbons (Fsp3) is 0.583. The number of aliphatic hydroxyl groups is 1. The molecule has 0 saturated heterocycles. The van der Waals surface area contributed by atoms with E-state index >= 15 is 0 Å². The maximum Gasteiger partial charge on any atom is 0.267 e. The zero-order chi connectivity index (χ0) is 13.5. The number of carbonyl (C=O) groups excluding carboxylic acids is 1. The number of aliphatic hydroxyl groups excluding tert-OH is 1. The Hall–Kier alpha value is -1.53. The lowest BCUT2D eigenvalue weighted by molar-refractivity contribution is 0.0587. The fourth-order valence-corrected chi connectivity index (χ4v) is 1.70. The third kappa shape index (κ3) is 4.05. The summed E-state index contributed by atoms with van der Waals surface area (Å²) in [7, 11) is 1.53. The number of nitrogens with zero attached hydrogens (tertiary/aromatic N) is 1. The van der Waals surface area contributed by atoms with Gasteiger partial charge in [0.05, 0.1) is 18.4 Å². The lowest BCUT2D eigenvalue weighted by atomic mass is 10.2. The highest BCUT2D eigenvalue weighted by molar-refractivity contribution is 5.93. The van der Waals surface area contributed by atoms with Gasteiger partial charge >= 0.3 is 0 Å². The van der Waals surface area contributed by atoms with E-state index in [-0.39, 0.29) is 12.5 Å². The number of carbonyl (C=O) groups is 1. The summed E-state index contributed by atoms with van der Waals surface area (Å²) in [5.41, 5.74) is 6.76. The van der Waals surface area contributed by atoms with Crippen LogP contribution in [0.25, 0.3) is 0 Å². The first-order valence-electron chi connectivity index (χ1n) is 5.99. The van der Waals surface area contributed by atoms with Crippen molar-refractivity contribution in [2.24, 2.45) is 0 Å². The van der Waals surface area contributed by atoms with Gasteiger partial charge in [-0.15, -0.1) is 0 Å². The SMILES string of the molecule is CCn1cc(N)cc1C(=O)NCCC(O)COC. The van der Waals surface area contributed by atoms with E-state index in [1.54, 1.807) is 16.8 Å². The predicted octanol–water partition coefficient (Wildman–Crippen LogP) is 0.217. The van der Waals surface area contributed by atoms with Crippen molar-refractivity contribution in [3.63, 3.8) is 0 Å². The van der Waals surface area contributed by atoms with Crippen LogP contribution in [-0.4, -0.2) is 41.9 Å². The van der Waals surface area contributed by atoms with Gasteiger partial charge in [-0.1, -0.05) is 0 Å². The molecular weight excluding hydrogens is 234 g/mol. The van der Waals surface area contributed by atoms with E-state index < -0.39 is 6.10 Å². The molecule has 0 aromatic carbocycles. The Kier molecular flexibility index (Phi) is 5.67. The fourth-order valence-electron chi connectivity index (χ4n) is 1.70. The number of amides is 1. The van der Waals surface area contributed by atoms with Gasteiger partial charge in [0.1, 0.15) is 5.69 Å². The van der Waals surface area contributed by atoms with Gasteiger partial charge in [-0.05, 0) is 19.4 Å².